The molecule has 8 bridgehead atoms. The molecule has 0 amide bonds. The van der Waals surface area contributed by atoms with Gasteiger partial charge in [-0.25, -0.2) is 0 Å². The summed E-state index contributed by atoms with van der Waals surface area (Å²) in [6.07, 6.45) is 6.03. The first kappa shape index (κ1) is 19.9. The predicted octanol–water partition coefficient (Wildman–Crippen LogP) is 4.56. The molecule has 1 aromatic rings. The van der Waals surface area contributed by atoms with Crippen LogP contribution in [0, 0.1) is 17.3 Å². The molecule has 1 unspecified atom stereocenters. The van der Waals surface area contributed by atoms with E-state index in [0.717, 1.165) is 44.3 Å². The first-order valence-electron chi connectivity index (χ1n) is 11.5. The van der Waals surface area contributed by atoms with Gasteiger partial charge in [0.2, 0.25) is 0 Å². The number of fused-ring (bicyclic) bond motifs is 2. The maximum atomic E-state index is 12.3. The lowest BCUT2D eigenvalue weighted by Gasteiger charge is -2.54. The second-order valence-corrected chi connectivity index (χ2v) is 10.0. The van der Waals surface area contributed by atoms with Crippen molar-refractivity contribution in [1.29, 1.82) is 0 Å². The average Bonchev–Trinajstić information content (AvgIpc) is 2.93. The zero-order chi connectivity index (χ0) is 21.1. The van der Waals surface area contributed by atoms with Gasteiger partial charge in [-0.05, 0) is 86.0 Å². The molecule has 3 heterocycles. The Bertz CT molecular complexity index is 878. The molecule has 3 aliphatic carbocycles. The van der Waals surface area contributed by atoms with E-state index in [0.29, 0.717) is 30.8 Å². The van der Waals surface area contributed by atoms with Gasteiger partial charge in [0.1, 0.15) is 11.9 Å². The van der Waals surface area contributed by atoms with Crippen LogP contribution >= 0.6 is 0 Å². The van der Waals surface area contributed by atoms with Crippen molar-refractivity contribution in [3.8, 4) is 5.75 Å². The zero-order valence-electron chi connectivity index (χ0n) is 18.2. The Morgan fingerprint density at radius 3 is 2.73 bits per heavy atom. The minimum atomic E-state index is -0.785. The van der Waals surface area contributed by atoms with Crippen LogP contribution in [-0.4, -0.2) is 30.3 Å². The molecule has 0 spiro atoms. The van der Waals surface area contributed by atoms with Gasteiger partial charge in [0.05, 0.1) is 6.61 Å². The molecular formula is C25H32O5. The SMILES string of the molecule is CC(=O)O[C@@H]1C[C@H]2[C@H]3CCc4cc5ccc4C3CC[C@]2(C)[C@@]1(OC(C)=O)CCCO5. The quantitative estimate of drug-likeness (QED) is 0.667. The van der Waals surface area contributed by atoms with E-state index in [4.69, 9.17) is 14.2 Å². The summed E-state index contributed by atoms with van der Waals surface area (Å²) in [6.45, 7) is 5.79. The van der Waals surface area contributed by atoms with Gasteiger partial charge in [-0.3, -0.25) is 9.59 Å². The van der Waals surface area contributed by atoms with Gasteiger partial charge in [-0.1, -0.05) is 13.0 Å². The summed E-state index contributed by atoms with van der Waals surface area (Å²) in [7, 11) is 0. The second kappa shape index (κ2) is 7.00. The predicted molar refractivity (Wildman–Crippen MR) is 111 cm³/mol. The van der Waals surface area contributed by atoms with E-state index in [1.165, 1.54) is 25.0 Å². The Hall–Kier alpha value is -2.04. The number of carbonyl (C=O) groups is 2. The van der Waals surface area contributed by atoms with E-state index in [1.807, 2.05) is 0 Å². The molecule has 0 aromatic heterocycles. The van der Waals surface area contributed by atoms with Gasteiger partial charge in [0.15, 0.2) is 5.60 Å². The molecule has 0 N–H and O–H groups in total. The van der Waals surface area contributed by atoms with Gasteiger partial charge < -0.3 is 14.2 Å². The van der Waals surface area contributed by atoms with E-state index in [1.54, 1.807) is 0 Å². The third kappa shape index (κ3) is 2.80. The van der Waals surface area contributed by atoms with Crippen LogP contribution in [-0.2, 0) is 25.5 Å². The summed E-state index contributed by atoms with van der Waals surface area (Å²) in [5, 5.41) is 0. The molecule has 30 heavy (non-hydrogen) atoms. The standard InChI is InChI=1S/C25H32O5/c1-15(26)29-23-14-22-21-7-5-17-13-18-6-8-19(17)20(21)9-11-24(22,3)25(23,30-16(2)27)10-4-12-28-18/h6,8,13,20-23H,4-5,7,9-12,14H2,1-3H3/t20?,21-,22-,23+,24-,25+/m0/s1. The van der Waals surface area contributed by atoms with Crippen LogP contribution in [0.1, 0.15) is 76.3 Å². The van der Waals surface area contributed by atoms with Gasteiger partial charge in [0.25, 0.3) is 0 Å². The Kier molecular flexibility index (Phi) is 4.64. The normalized spacial score (nSPS) is 38.9. The lowest BCUT2D eigenvalue weighted by atomic mass is 9.52. The maximum Gasteiger partial charge on any atom is 0.303 e. The number of rotatable bonds is 2. The third-order valence-corrected chi connectivity index (χ3v) is 8.64. The monoisotopic (exact) mass is 412 g/mol. The van der Waals surface area contributed by atoms with Crippen molar-refractivity contribution in [1.82, 2.24) is 0 Å². The van der Waals surface area contributed by atoms with Gasteiger partial charge >= 0.3 is 11.9 Å². The molecule has 0 saturated heterocycles. The van der Waals surface area contributed by atoms with Crippen LogP contribution in [0.5, 0.6) is 5.75 Å². The molecule has 2 saturated carbocycles. The number of aryl methyl sites for hydroxylation is 1. The summed E-state index contributed by atoms with van der Waals surface area (Å²) in [5.74, 6) is 1.75. The molecule has 162 valence electrons. The number of esters is 2. The highest BCUT2D eigenvalue weighted by Gasteiger charge is 2.69. The largest absolute Gasteiger partial charge is 0.494 e. The first-order valence-corrected chi connectivity index (χ1v) is 11.5. The fraction of sp³-hybridized carbons (Fsp3) is 0.680. The second-order valence-electron chi connectivity index (χ2n) is 10.0. The highest BCUT2D eigenvalue weighted by molar-refractivity contribution is 5.68. The number of benzene rings is 1. The van der Waals surface area contributed by atoms with Crippen molar-refractivity contribution >= 4 is 11.9 Å². The molecule has 7 rings (SSSR count). The van der Waals surface area contributed by atoms with Crippen LogP contribution in [0.4, 0.5) is 0 Å². The number of ether oxygens (including phenoxy) is 3. The summed E-state index contributed by atoms with van der Waals surface area (Å²) >= 11 is 0. The van der Waals surface area contributed by atoms with E-state index < -0.39 is 11.7 Å². The highest BCUT2D eigenvalue weighted by atomic mass is 16.6. The Labute approximate surface area is 178 Å². The van der Waals surface area contributed by atoms with Crippen molar-refractivity contribution < 1.29 is 23.8 Å². The van der Waals surface area contributed by atoms with Gasteiger partial charge in [-0.15, -0.1) is 0 Å². The fourth-order valence-corrected chi connectivity index (χ4v) is 7.52. The van der Waals surface area contributed by atoms with E-state index in [2.05, 4.69) is 25.1 Å². The topological polar surface area (TPSA) is 61.8 Å². The molecule has 2 fully saturated rings. The summed E-state index contributed by atoms with van der Waals surface area (Å²) in [5.41, 5.74) is 1.91. The van der Waals surface area contributed by atoms with E-state index in [-0.39, 0.29) is 17.4 Å². The van der Waals surface area contributed by atoms with Crippen LogP contribution in [0.15, 0.2) is 18.2 Å². The number of hydrogen-bond acceptors (Lipinski definition) is 5. The smallest absolute Gasteiger partial charge is 0.303 e. The summed E-state index contributed by atoms with van der Waals surface area (Å²) in [4.78, 5) is 24.4. The first-order chi connectivity index (χ1) is 14.3. The summed E-state index contributed by atoms with van der Waals surface area (Å²) in [6, 6.07) is 6.63. The number of hydrogen-bond donors (Lipinski definition) is 0. The molecule has 5 heteroatoms. The molecular weight excluding hydrogens is 380 g/mol. The minimum absolute atomic E-state index is 0.204. The highest BCUT2D eigenvalue weighted by Crippen LogP contribution is 2.67. The van der Waals surface area contributed by atoms with Crippen molar-refractivity contribution in [3.05, 3.63) is 29.3 Å². The lowest BCUT2D eigenvalue weighted by Crippen LogP contribution is -2.57. The average molecular weight is 413 g/mol. The molecule has 6 aliphatic rings. The Morgan fingerprint density at radius 1 is 1.13 bits per heavy atom. The molecule has 1 aromatic carbocycles. The fourth-order valence-electron chi connectivity index (χ4n) is 7.52. The summed E-state index contributed by atoms with van der Waals surface area (Å²) < 4.78 is 18.2. The van der Waals surface area contributed by atoms with Gasteiger partial charge in [0, 0.05) is 19.3 Å². The Balaban J connectivity index is 1.65. The molecule has 5 nitrogen and oxygen atoms in total. The van der Waals surface area contributed by atoms with Gasteiger partial charge in [-0.2, -0.15) is 0 Å². The van der Waals surface area contributed by atoms with Crippen molar-refractivity contribution in [2.45, 2.75) is 83.3 Å². The molecule has 0 radical (unpaired) electrons. The van der Waals surface area contributed by atoms with E-state index >= 15 is 0 Å². The van der Waals surface area contributed by atoms with Crippen LogP contribution in [0.2, 0.25) is 0 Å². The maximum absolute atomic E-state index is 12.3. The minimum Gasteiger partial charge on any atom is -0.494 e. The van der Waals surface area contributed by atoms with Crippen molar-refractivity contribution in [2.75, 3.05) is 6.61 Å². The molecule has 3 aliphatic heterocycles. The van der Waals surface area contributed by atoms with Crippen LogP contribution < -0.4 is 4.74 Å². The van der Waals surface area contributed by atoms with Crippen LogP contribution in [0.25, 0.3) is 0 Å². The third-order valence-electron chi connectivity index (χ3n) is 8.64. The molecule has 6 atom stereocenters. The lowest BCUT2D eigenvalue weighted by molar-refractivity contribution is -0.205. The van der Waals surface area contributed by atoms with Crippen molar-refractivity contribution in [3.63, 3.8) is 0 Å². The number of carbonyl (C=O) groups excluding carboxylic acids is 2. The van der Waals surface area contributed by atoms with Crippen LogP contribution in [0.3, 0.4) is 0 Å². The van der Waals surface area contributed by atoms with E-state index in [9.17, 15) is 9.59 Å². The Morgan fingerprint density at radius 2 is 1.97 bits per heavy atom. The zero-order valence-corrected chi connectivity index (χ0v) is 18.2. The van der Waals surface area contributed by atoms with Crippen molar-refractivity contribution in [2.24, 2.45) is 17.3 Å².